The van der Waals surface area contributed by atoms with E-state index in [1.54, 1.807) is 0 Å². The van der Waals surface area contributed by atoms with Gasteiger partial charge in [0.25, 0.3) is 5.91 Å². The van der Waals surface area contributed by atoms with Gasteiger partial charge in [0.2, 0.25) is 0 Å². The normalized spacial score (nSPS) is 11.7. The number of ether oxygens (including phenoxy) is 1. The summed E-state index contributed by atoms with van der Waals surface area (Å²) >= 11 is 0. The van der Waals surface area contributed by atoms with E-state index in [2.05, 4.69) is 30.3 Å². The third-order valence-corrected chi connectivity index (χ3v) is 4.86. The summed E-state index contributed by atoms with van der Waals surface area (Å²) in [7, 11) is 0. The monoisotopic (exact) mass is 387 g/mol. The van der Waals surface area contributed by atoms with Gasteiger partial charge >= 0.3 is 0 Å². The highest BCUT2D eigenvalue weighted by Gasteiger charge is 2.25. The number of aryl methyl sites for hydroxylation is 2. The maximum Gasteiger partial charge on any atom is 0.264 e. The quantitative estimate of drug-likeness (QED) is 0.497. The van der Waals surface area contributed by atoms with E-state index in [-0.39, 0.29) is 5.91 Å². The number of carbonyl (C=O) groups is 1. The van der Waals surface area contributed by atoms with Crippen LogP contribution in [0.4, 0.5) is 0 Å². The molecule has 0 saturated heterocycles. The smallest absolute Gasteiger partial charge is 0.264 e. The Labute approximate surface area is 174 Å². The van der Waals surface area contributed by atoms with Crippen LogP contribution in [0, 0.1) is 13.8 Å². The molecule has 0 bridgehead atoms. The summed E-state index contributed by atoms with van der Waals surface area (Å²) < 4.78 is 6.15. The predicted octanol–water partition coefficient (Wildman–Crippen LogP) is 5.69. The maximum atomic E-state index is 13.5. The number of carbonyl (C=O) groups excluding carboxylic acids is 1. The van der Waals surface area contributed by atoms with Crippen molar-refractivity contribution in [2.24, 2.45) is 0 Å². The molecule has 150 valence electrons. The van der Waals surface area contributed by atoms with E-state index in [0.29, 0.717) is 19.5 Å². The molecule has 0 saturated carbocycles. The lowest BCUT2D eigenvalue weighted by Gasteiger charge is -2.28. The lowest BCUT2D eigenvalue weighted by molar-refractivity contribution is -0.140. The average Bonchev–Trinajstić information content (AvgIpc) is 2.72. The second kappa shape index (κ2) is 9.92. The zero-order valence-corrected chi connectivity index (χ0v) is 17.5. The zero-order chi connectivity index (χ0) is 20.6. The topological polar surface area (TPSA) is 29.5 Å². The van der Waals surface area contributed by atoms with Gasteiger partial charge < -0.3 is 9.64 Å². The van der Waals surface area contributed by atoms with Crippen molar-refractivity contribution in [3.05, 3.63) is 101 Å². The fraction of sp³-hybridized carbons (Fsp3) is 0.269. The first-order valence-electron chi connectivity index (χ1n) is 10.2. The Hall–Kier alpha value is -3.07. The maximum absolute atomic E-state index is 13.5. The highest BCUT2D eigenvalue weighted by Crippen LogP contribution is 2.21. The van der Waals surface area contributed by atoms with Crippen LogP contribution in [0.5, 0.6) is 5.75 Å². The van der Waals surface area contributed by atoms with Gasteiger partial charge in [-0.3, -0.25) is 4.79 Å². The Kier molecular flexibility index (Phi) is 7.07. The molecular formula is C26H29NO2. The molecule has 0 aromatic heterocycles. The van der Waals surface area contributed by atoms with E-state index < -0.39 is 6.10 Å². The molecule has 3 aromatic carbocycles. The largest absolute Gasteiger partial charge is 0.481 e. The lowest BCUT2D eigenvalue weighted by atomic mass is 10.1. The average molecular weight is 388 g/mol. The minimum Gasteiger partial charge on any atom is -0.481 e. The Balaban J connectivity index is 1.82. The van der Waals surface area contributed by atoms with Gasteiger partial charge in [-0.2, -0.15) is 0 Å². The van der Waals surface area contributed by atoms with Crippen molar-refractivity contribution in [2.45, 2.75) is 46.4 Å². The fourth-order valence-corrected chi connectivity index (χ4v) is 3.50. The van der Waals surface area contributed by atoms with Gasteiger partial charge in [-0.05, 0) is 54.7 Å². The van der Waals surface area contributed by atoms with Crippen molar-refractivity contribution >= 4 is 5.91 Å². The summed E-state index contributed by atoms with van der Waals surface area (Å²) in [4.78, 5) is 15.3. The Morgan fingerprint density at radius 3 is 1.76 bits per heavy atom. The number of hydrogen-bond donors (Lipinski definition) is 0. The van der Waals surface area contributed by atoms with Crippen molar-refractivity contribution in [3.63, 3.8) is 0 Å². The fourth-order valence-electron chi connectivity index (χ4n) is 3.50. The molecule has 0 aliphatic rings. The Bertz CT molecular complexity index is 860. The molecule has 3 nitrogen and oxygen atoms in total. The molecule has 0 fully saturated rings. The molecule has 0 unspecified atom stereocenters. The summed E-state index contributed by atoms with van der Waals surface area (Å²) in [5.41, 5.74) is 4.48. The summed E-state index contributed by atoms with van der Waals surface area (Å²) in [6.07, 6.45) is 0.106. The molecule has 3 aromatic rings. The van der Waals surface area contributed by atoms with Crippen LogP contribution in [-0.4, -0.2) is 16.9 Å². The van der Waals surface area contributed by atoms with Gasteiger partial charge in [-0.25, -0.2) is 0 Å². The summed E-state index contributed by atoms with van der Waals surface area (Å²) in [5, 5.41) is 0. The molecule has 0 aliphatic heterocycles. The van der Waals surface area contributed by atoms with Crippen LogP contribution in [0.3, 0.4) is 0 Å². The van der Waals surface area contributed by atoms with Crippen molar-refractivity contribution in [2.75, 3.05) is 0 Å². The van der Waals surface area contributed by atoms with Gasteiger partial charge in [0.05, 0.1) is 0 Å². The molecule has 1 amide bonds. The molecule has 0 spiro atoms. The third kappa shape index (κ3) is 5.95. The summed E-state index contributed by atoms with van der Waals surface area (Å²) in [6.45, 7) is 7.19. The lowest BCUT2D eigenvalue weighted by Crippen LogP contribution is -2.41. The van der Waals surface area contributed by atoms with Gasteiger partial charge in [-0.1, -0.05) is 73.7 Å². The number of hydrogen-bond acceptors (Lipinski definition) is 2. The van der Waals surface area contributed by atoms with Crippen molar-refractivity contribution in [1.82, 2.24) is 4.90 Å². The van der Waals surface area contributed by atoms with Crippen LogP contribution in [0.2, 0.25) is 0 Å². The first-order chi connectivity index (χ1) is 14.0. The van der Waals surface area contributed by atoms with Crippen molar-refractivity contribution in [1.29, 1.82) is 0 Å². The van der Waals surface area contributed by atoms with E-state index in [4.69, 9.17) is 4.74 Å². The number of amides is 1. The molecule has 0 N–H and O–H groups in total. The molecule has 3 heteroatoms. The summed E-state index contributed by atoms with van der Waals surface area (Å²) in [5.74, 6) is 0.765. The van der Waals surface area contributed by atoms with Crippen LogP contribution in [0.15, 0.2) is 78.9 Å². The van der Waals surface area contributed by atoms with Crippen LogP contribution in [-0.2, 0) is 17.9 Å². The zero-order valence-electron chi connectivity index (χ0n) is 17.5. The third-order valence-electron chi connectivity index (χ3n) is 4.86. The number of nitrogens with zero attached hydrogens (tertiary/aromatic N) is 1. The molecule has 0 radical (unpaired) electrons. The standard InChI is InChI=1S/C26H29NO2/c1-4-25(29-24-16-20(2)15-21(3)17-24)26(28)27(18-22-11-7-5-8-12-22)19-23-13-9-6-10-14-23/h5-17,25H,4,18-19H2,1-3H3/t25-/m0/s1. The highest BCUT2D eigenvalue weighted by atomic mass is 16.5. The first-order valence-corrected chi connectivity index (χ1v) is 10.2. The van der Waals surface area contributed by atoms with Gasteiger partial charge in [-0.15, -0.1) is 0 Å². The second-order valence-electron chi connectivity index (χ2n) is 7.50. The van der Waals surface area contributed by atoms with Gasteiger partial charge in [0.15, 0.2) is 6.10 Å². The van der Waals surface area contributed by atoms with E-state index in [0.717, 1.165) is 28.0 Å². The van der Waals surface area contributed by atoms with Crippen LogP contribution in [0.1, 0.15) is 35.6 Å². The van der Waals surface area contributed by atoms with Gasteiger partial charge in [0.1, 0.15) is 5.75 Å². The number of benzene rings is 3. The van der Waals surface area contributed by atoms with Crippen molar-refractivity contribution < 1.29 is 9.53 Å². The van der Waals surface area contributed by atoms with Crippen LogP contribution in [0.25, 0.3) is 0 Å². The molecule has 0 heterocycles. The highest BCUT2D eigenvalue weighted by molar-refractivity contribution is 5.81. The van der Waals surface area contributed by atoms with Crippen LogP contribution < -0.4 is 4.74 Å². The second-order valence-corrected chi connectivity index (χ2v) is 7.50. The molecule has 29 heavy (non-hydrogen) atoms. The van der Waals surface area contributed by atoms with Crippen molar-refractivity contribution in [3.8, 4) is 5.75 Å². The molecular weight excluding hydrogens is 358 g/mol. The van der Waals surface area contributed by atoms with Gasteiger partial charge in [0, 0.05) is 13.1 Å². The molecule has 0 aliphatic carbocycles. The van der Waals surface area contributed by atoms with Crippen LogP contribution >= 0.6 is 0 Å². The molecule has 3 rings (SSSR count). The van der Waals surface area contributed by atoms with E-state index in [1.807, 2.05) is 74.2 Å². The summed E-state index contributed by atoms with van der Waals surface area (Å²) in [6, 6.07) is 26.3. The molecule has 1 atom stereocenters. The van der Waals surface area contributed by atoms with E-state index in [1.165, 1.54) is 0 Å². The SMILES string of the molecule is CC[C@H](Oc1cc(C)cc(C)c1)C(=O)N(Cc1ccccc1)Cc1ccccc1. The van der Waals surface area contributed by atoms with E-state index in [9.17, 15) is 4.79 Å². The minimum atomic E-state index is -0.511. The van der Waals surface area contributed by atoms with E-state index >= 15 is 0 Å². The number of rotatable bonds is 8. The Morgan fingerprint density at radius 2 is 1.31 bits per heavy atom. The minimum absolute atomic E-state index is 0.0133. The first kappa shape index (κ1) is 20.7. The Morgan fingerprint density at radius 1 is 0.828 bits per heavy atom. The predicted molar refractivity (Wildman–Crippen MR) is 118 cm³/mol.